The molecule has 2 aromatic heterocycles. The van der Waals surface area contributed by atoms with Gasteiger partial charge in [-0.3, -0.25) is 9.48 Å². The number of hydrogen-bond donors (Lipinski definition) is 1. The van der Waals surface area contributed by atoms with Gasteiger partial charge in [-0.2, -0.15) is 23.4 Å². The van der Waals surface area contributed by atoms with Crippen LogP contribution in [-0.4, -0.2) is 25.5 Å². The minimum atomic E-state index is -4.46. The van der Waals surface area contributed by atoms with E-state index < -0.39 is 17.6 Å². The first-order chi connectivity index (χ1) is 15.8. The lowest BCUT2D eigenvalue weighted by atomic mass is 10.2. The van der Waals surface area contributed by atoms with Crippen molar-refractivity contribution in [3.05, 3.63) is 95.0 Å². The quantitative estimate of drug-likeness (QED) is 0.404. The van der Waals surface area contributed by atoms with Crippen LogP contribution in [0.5, 0.6) is 5.75 Å². The van der Waals surface area contributed by atoms with Crippen LogP contribution in [0.4, 0.5) is 18.9 Å². The summed E-state index contributed by atoms with van der Waals surface area (Å²) in [5, 5.41) is 11.7. The number of halogens is 4. The van der Waals surface area contributed by atoms with Crippen LogP contribution in [0.15, 0.2) is 73.2 Å². The molecule has 2 aromatic carbocycles. The van der Waals surface area contributed by atoms with E-state index in [0.717, 1.165) is 17.7 Å². The number of alkyl halides is 3. The van der Waals surface area contributed by atoms with Gasteiger partial charge in [-0.05, 0) is 42.0 Å². The van der Waals surface area contributed by atoms with Gasteiger partial charge in [-0.15, -0.1) is 0 Å². The second-order valence-electron chi connectivity index (χ2n) is 7.05. The van der Waals surface area contributed by atoms with Gasteiger partial charge < -0.3 is 10.1 Å². The Morgan fingerprint density at radius 2 is 1.88 bits per heavy atom. The summed E-state index contributed by atoms with van der Waals surface area (Å²) in [6.45, 7) is 0.349. The van der Waals surface area contributed by atoms with Crippen molar-refractivity contribution in [3.8, 4) is 5.75 Å². The SMILES string of the molecule is O=C(Nc1cnn(Cc2ccc(Cl)cc2)c1)c1ccn(COc2cccc(C(F)(F)F)c2)n1. The van der Waals surface area contributed by atoms with Crippen LogP contribution in [0, 0.1) is 0 Å². The molecule has 0 aliphatic carbocycles. The van der Waals surface area contributed by atoms with Gasteiger partial charge in [0.1, 0.15) is 5.75 Å². The highest BCUT2D eigenvalue weighted by atomic mass is 35.5. The van der Waals surface area contributed by atoms with E-state index >= 15 is 0 Å². The molecule has 0 aliphatic rings. The topological polar surface area (TPSA) is 74.0 Å². The maximum Gasteiger partial charge on any atom is 0.416 e. The lowest BCUT2D eigenvalue weighted by Gasteiger charge is -2.10. The summed E-state index contributed by atoms with van der Waals surface area (Å²) < 4.78 is 46.7. The van der Waals surface area contributed by atoms with Crippen LogP contribution >= 0.6 is 11.6 Å². The molecule has 1 amide bonds. The van der Waals surface area contributed by atoms with E-state index in [9.17, 15) is 18.0 Å². The number of ether oxygens (including phenoxy) is 1. The van der Waals surface area contributed by atoms with E-state index in [2.05, 4.69) is 15.5 Å². The molecule has 1 N–H and O–H groups in total. The zero-order valence-corrected chi connectivity index (χ0v) is 17.7. The average Bonchev–Trinajstić information content (AvgIpc) is 3.43. The molecule has 0 atom stereocenters. The Bertz CT molecular complexity index is 1250. The third-order valence-electron chi connectivity index (χ3n) is 4.55. The first kappa shape index (κ1) is 22.4. The molecule has 33 heavy (non-hydrogen) atoms. The second kappa shape index (κ2) is 9.37. The van der Waals surface area contributed by atoms with E-state index in [1.165, 1.54) is 35.3 Å². The summed E-state index contributed by atoms with van der Waals surface area (Å²) in [5.41, 5.74) is 0.800. The van der Waals surface area contributed by atoms with Gasteiger partial charge in [0.05, 0.1) is 24.0 Å². The molecular weight excluding hydrogens is 459 g/mol. The van der Waals surface area contributed by atoms with Gasteiger partial charge in [0, 0.05) is 17.4 Å². The fraction of sp³-hybridized carbons (Fsp3) is 0.136. The summed E-state index contributed by atoms with van der Waals surface area (Å²) in [5.74, 6) is -0.418. The number of rotatable bonds is 7. The second-order valence-corrected chi connectivity index (χ2v) is 7.48. The molecular formula is C22H17ClF3N5O2. The number of carbonyl (C=O) groups is 1. The van der Waals surface area contributed by atoms with Crippen LogP contribution in [0.2, 0.25) is 5.02 Å². The van der Waals surface area contributed by atoms with Gasteiger partial charge in [-0.1, -0.05) is 29.8 Å². The molecule has 0 unspecified atom stereocenters. The van der Waals surface area contributed by atoms with Gasteiger partial charge in [0.2, 0.25) is 0 Å². The number of carbonyl (C=O) groups excluding carboxylic acids is 1. The maximum atomic E-state index is 12.8. The van der Waals surface area contributed by atoms with E-state index in [1.807, 2.05) is 12.1 Å². The molecule has 0 aliphatic heterocycles. The molecule has 0 saturated carbocycles. The number of nitrogens with zero attached hydrogens (tertiary/aromatic N) is 4. The molecule has 0 bridgehead atoms. The number of anilines is 1. The molecule has 0 radical (unpaired) electrons. The highest BCUT2D eigenvalue weighted by molar-refractivity contribution is 6.30. The maximum absolute atomic E-state index is 12.8. The van der Waals surface area contributed by atoms with Gasteiger partial charge in [0.25, 0.3) is 5.91 Å². The van der Waals surface area contributed by atoms with Gasteiger partial charge in [0.15, 0.2) is 12.4 Å². The van der Waals surface area contributed by atoms with E-state index in [0.29, 0.717) is 17.3 Å². The van der Waals surface area contributed by atoms with Crippen molar-refractivity contribution in [2.75, 3.05) is 5.32 Å². The first-order valence-electron chi connectivity index (χ1n) is 9.68. The van der Waals surface area contributed by atoms with Gasteiger partial charge in [-0.25, -0.2) is 4.68 Å². The Hall–Kier alpha value is -3.79. The zero-order chi connectivity index (χ0) is 23.4. The number of nitrogens with one attached hydrogen (secondary N) is 1. The van der Waals surface area contributed by atoms with Crippen LogP contribution < -0.4 is 10.1 Å². The number of aromatic nitrogens is 4. The lowest BCUT2D eigenvalue weighted by Crippen LogP contribution is -2.14. The Labute approximate surface area is 191 Å². The predicted octanol–water partition coefficient (Wildman–Crippen LogP) is 5.09. The molecule has 11 heteroatoms. The van der Waals surface area contributed by atoms with Crippen molar-refractivity contribution in [2.24, 2.45) is 0 Å². The van der Waals surface area contributed by atoms with E-state index in [4.69, 9.17) is 16.3 Å². The van der Waals surface area contributed by atoms with Crippen LogP contribution in [0.1, 0.15) is 21.6 Å². The molecule has 0 fully saturated rings. The minimum Gasteiger partial charge on any atom is -0.471 e. The fourth-order valence-corrected chi connectivity index (χ4v) is 3.07. The van der Waals surface area contributed by atoms with Crippen molar-refractivity contribution < 1.29 is 22.7 Å². The Kier molecular flexibility index (Phi) is 6.36. The van der Waals surface area contributed by atoms with Crippen molar-refractivity contribution in [2.45, 2.75) is 19.5 Å². The molecule has 7 nitrogen and oxygen atoms in total. The van der Waals surface area contributed by atoms with Crippen molar-refractivity contribution in [3.63, 3.8) is 0 Å². The highest BCUT2D eigenvalue weighted by Gasteiger charge is 2.30. The third-order valence-corrected chi connectivity index (χ3v) is 4.80. The van der Waals surface area contributed by atoms with Crippen molar-refractivity contribution in [1.82, 2.24) is 19.6 Å². The third kappa shape index (κ3) is 5.92. The Morgan fingerprint density at radius 1 is 1.09 bits per heavy atom. The first-order valence-corrected chi connectivity index (χ1v) is 10.1. The fourth-order valence-electron chi connectivity index (χ4n) is 2.94. The summed E-state index contributed by atoms with van der Waals surface area (Å²) in [4.78, 5) is 12.5. The van der Waals surface area contributed by atoms with E-state index in [-0.39, 0.29) is 18.2 Å². The highest BCUT2D eigenvalue weighted by Crippen LogP contribution is 2.31. The van der Waals surface area contributed by atoms with Crippen molar-refractivity contribution >= 4 is 23.2 Å². The smallest absolute Gasteiger partial charge is 0.416 e. The Balaban J connectivity index is 1.33. The van der Waals surface area contributed by atoms with E-state index in [1.54, 1.807) is 23.0 Å². The largest absolute Gasteiger partial charge is 0.471 e. The van der Waals surface area contributed by atoms with Crippen LogP contribution in [-0.2, 0) is 19.5 Å². The molecule has 0 saturated heterocycles. The van der Waals surface area contributed by atoms with Crippen molar-refractivity contribution in [1.29, 1.82) is 0 Å². The lowest BCUT2D eigenvalue weighted by molar-refractivity contribution is -0.137. The number of amides is 1. The molecule has 170 valence electrons. The molecule has 4 aromatic rings. The average molecular weight is 476 g/mol. The molecule has 4 rings (SSSR count). The molecule has 0 spiro atoms. The van der Waals surface area contributed by atoms with Gasteiger partial charge >= 0.3 is 6.18 Å². The standard InChI is InChI=1S/C22H17ClF3N5O2/c23-17-6-4-15(5-7-17)12-31-13-18(11-27-31)28-21(32)20-8-9-30(29-20)14-33-19-3-1-2-16(10-19)22(24,25)26/h1-11,13H,12,14H2,(H,28,32). The summed E-state index contributed by atoms with van der Waals surface area (Å²) in [6.07, 6.45) is 0.229. The normalized spacial score (nSPS) is 11.4. The summed E-state index contributed by atoms with van der Waals surface area (Å²) in [6, 6.07) is 13.4. The monoisotopic (exact) mass is 475 g/mol. The van der Waals surface area contributed by atoms with Crippen LogP contribution in [0.25, 0.3) is 0 Å². The summed E-state index contributed by atoms with van der Waals surface area (Å²) >= 11 is 5.88. The summed E-state index contributed by atoms with van der Waals surface area (Å²) in [7, 11) is 0. The minimum absolute atomic E-state index is 0.0411. The Morgan fingerprint density at radius 3 is 2.64 bits per heavy atom. The van der Waals surface area contributed by atoms with Crippen LogP contribution in [0.3, 0.4) is 0 Å². The number of hydrogen-bond acceptors (Lipinski definition) is 4. The zero-order valence-electron chi connectivity index (χ0n) is 17.0. The predicted molar refractivity (Wildman–Crippen MR) is 115 cm³/mol. The molecule has 2 heterocycles. The number of benzene rings is 2.